The zero-order valence-corrected chi connectivity index (χ0v) is 18.9. The molecule has 30 heavy (non-hydrogen) atoms. The second-order valence-electron chi connectivity index (χ2n) is 9.78. The molecule has 1 saturated heterocycles. The molecule has 7 atom stereocenters. The highest BCUT2D eigenvalue weighted by Crippen LogP contribution is 2.36. The second kappa shape index (κ2) is 12.3. The minimum Gasteiger partial charge on any atom is -0.481 e. The lowest BCUT2D eigenvalue weighted by Gasteiger charge is -2.42. The summed E-state index contributed by atoms with van der Waals surface area (Å²) in [5, 5.41) is 46.8. The number of carbonyl (C=O) groups is 1. The summed E-state index contributed by atoms with van der Waals surface area (Å²) >= 11 is 0. The van der Waals surface area contributed by atoms with Gasteiger partial charge in [-0.25, -0.2) is 0 Å². The minimum absolute atomic E-state index is 0.130. The highest BCUT2D eigenvalue weighted by Gasteiger charge is 2.36. The van der Waals surface area contributed by atoms with Gasteiger partial charge in [-0.3, -0.25) is 4.79 Å². The summed E-state index contributed by atoms with van der Waals surface area (Å²) in [6.45, 7) is 4.99. The molecule has 1 saturated carbocycles. The van der Waals surface area contributed by atoms with Crippen molar-refractivity contribution in [2.45, 2.75) is 114 Å². The number of hydrogen-bond donors (Lipinski definition) is 6. The molecule has 1 aliphatic heterocycles. The number of unbranched alkanes of at least 4 members (excludes halogenated alkanes) is 2. The van der Waals surface area contributed by atoms with Gasteiger partial charge in [0.1, 0.15) is 0 Å². The van der Waals surface area contributed by atoms with Crippen LogP contribution in [0.4, 0.5) is 0 Å². The van der Waals surface area contributed by atoms with Crippen LogP contribution in [-0.2, 0) is 4.79 Å². The van der Waals surface area contributed by atoms with Crippen molar-refractivity contribution in [1.82, 2.24) is 10.6 Å². The molecule has 0 radical (unpaired) electrons. The summed E-state index contributed by atoms with van der Waals surface area (Å²) in [6.07, 6.45) is 8.32. The largest absolute Gasteiger partial charge is 0.481 e. The van der Waals surface area contributed by atoms with E-state index in [1.54, 1.807) is 0 Å². The Kier molecular flexibility index (Phi) is 10.5. The fourth-order valence-corrected chi connectivity index (χ4v) is 5.36. The maximum absolute atomic E-state index is 11.1. The first kappa shape index (κ1) is 25.5. The van der Waals surface area contributed by atoms with E-state index in [2.05, 4.69) is 10.6 Å². The van der Waals surface area contributed by atoms with Crippen molar-refractivity contribution in [3.8, 4) is 0 Å². The van der Waals surface area contributed by atoms with Gasteiger partial charge in [0.2, 0.25) is 0 Å². The van der Waals surface area contributed by atoms with Crippen LogP contribution in [0.1, 0.15) is 84.5 Å². The molecule has 0 amide bonds. The Balaban J connectivity index is 1.66. The van der Waals surface area contributed by atoms with Gasteiger partial charge < -0.3 is 31.1 Å². The maximum atomic E-state index is 11.1. The average molecular weight is 429 g/mol. The maximum Gasteiger partial charge on any atom is 0.306 e. The molecule has 2 fully saturated rings. The summed E-state index contributed by atoms with van der Waals surface area (Å²) in [4.78, 5) is 11.1. The van der Waals surface area contributed by atoms with Crippen LogP contribution in [0.5, 0.6) is 0 Å². The van der Waals surface area contributed by atoms with Gasteiger partial charge in [-0.05, 0) is 70.3 Å². The van der Waals surface area contributed by atoms with Gasteiger partial charge in [0.05, 0.1) is 24.2 Å². The van der Waals surface area contributed by atoms with Crippen LogP contribution in [0.2, 0.25) is 0 Å². The SMILES string of the molecule is CCNCC(O)(CCCCCC1CCC(C2CCC(O)C(C)N2)CC1O)CC(=O)O. The number of nitrogens with one attached hydrogen (secondary N) is 2. The van der Waals surface area contributed by atoms with Crippen LogP contribution in [0, 0.1) is 11.8 Å². The Bertz CT molecular complexity index is 520. The lowest BCUT2D eigenvalue weighted by atomic mass is 9.73. The fraction of sp³-hybridized carbons (Fsp3) is 0.957. The molecular formula is C23H44N2O5. The van der Waals surface area contributed by atoms with Crippen molar-refractivity contribution >= 4 is 5.97 Å². The number of likely N-dealkylation sites (N-methyl/N-ethyl adjacent to an activating group) is 1. The molecule has 1 aliphatic carbocycles. The molecule has 0 aromatic rings. The number of aliphatic hydroxyl groups is 3. The molecular weight excluding hydrogens is 384 g/mol. The monoisotopic (exact) mass is 428 g/mol. The quantitative estimate of drug-likeness (QED) is 0.263. The molecule has 0 aromatic heterocycles. The highest BCUT2D eigenvalue weighted by atomic mass is 16.4. The molecule has 7 unspecified atom stereocenters. The first-order chi connectivity index (χ1) is 14.2. The van der Waals surface area contributed by atoms with E-state index in [0.29, 0.717) is 37.4 Å². The topological polar surface area (TPSA) is 122 Å². The van der Waals surface area contributed by atoms with Crippen molar-refractivity contribution in [2.75, 3.05) is 13.1 Å². The van der Waals surface area contributed by atoms with E-state index >= 15 is 0 Å². The molecule has 0 spiro atoms. The molecule has 1 heterocycles. The predicted octanol–water partition coefficient (Wildman–Crippen LogP) is 2.03. The Morgan fingerprint density at radius 1 is 1.10 bits per heavy atom. The molecule has 176 valence electrons. The van der Waals surface area contributed by atoms with Crippen LogP contribution in [-0.4, -0.2) is 69.4 Å². The molecule has 2 rings (SSSR count). The third-order valence-corrected chi connectivity index (χ3v) is 7.29. The van der Waals surface area contributed by atoms with E-state index in [0.717, 1.165) is 57.8 Å². The predicted molar refractivity (Wildman–Crippen MR) is 117 cm³/mol. The van der Waals surface area contributed by atoms with E-state index in [-0.39, 0.29) is 24.7 Å². The number of aliphatic hydroxyl groups excluding tert-OH is 2. The van der Waals surface area contributed by atoms with Gasteiger partial charge in [0, 0.05) is 18.6 Å². The highest BCUT2D eigenvalue weighted by molar-refractivity contribution is 5.68. The van der Waals surface area contributed by atoms with Crippen LogP contribution in [0.15, 0.2) is 0 Å². The van der Waals surface area contributed by atoms with Crippen molar-refractivity contribution < 1.29 is 25.2 Å². The summed E-state index contributed by atoms with van der Waals surface area (Å²) in [5.74, 6) is -0.137. The molecule has 7 nitrogen and oxygen atoms in total. The van der Waals surface area contributed by atoms with Crippen LogP contribution < -0.4 is 10.6 Å². The zero-order valence-electron chi connectivity index (χ0n) is 18.9. The van der Waals surface area contributed by atoms with Crippen LogP contribution in [0.3, 0.4) is 0 Å². The minimum atomic E-state index is -1.18. The van der Waals surface area contributed by atoms with E-state index < -0.39 is 11.6 Å². The Hall–Kier alpha value is -0.730. The third-order valence-electron chi connectivity index (χ3n) is 7.29. The summed E-state index contributed by atoms with van der Waals surface area (Å²) < 4.78 is 0. The molecule has 7 heteroatoms. The number of hydrogen-bond acceptors (Lipinski definition) is 6. The van der Waals surface area contributed by atoms with Crippen molar-refractivity contribution in [2.24, 2.45) is 11.8 Å². The van der Waals surface area contributed by atoms with Gasteiger partial charge in [0.25, 0.3) is 0 Å². The van der Waals surface area contributed by atoms with Crippen molar-refractivity contribution in [1.29, 1.82) is 0 Å². The first-order valence-corrected chi connectivity index (χ1v) is 12.0. The average Bonchev–Trinajstić information content (AvgIpc) is 2.69. The Morgan fingerprint density at radius 3 is 2.50 bits per heavy atom. The molecule has 0 aromatic carbocycles. The second-order valence-corrected chi connectivity index (χ2v) is 9.78. The lowest BCUT2D eigenvalue weighted by molar-refractivity contribution is -0.142. The Labute approximate surface area is 181 Å². The third kappa shape index (κ3) is 8.08. The van der Waals surface area contributed by atoms with Crippen molar-refractivity contribution in [3.63, 3.8) is 0 Å². The van der Waals surface area contributed by atoms with Crippen LogP contribution in [0.25, 0.3) is 0 Å². The van der Waals surface area contributed by atoms with Gasteiger partial charge in [-0.2, -0.15) is 0 Å². The number of piperidine rings is 1. The number of rotatable bonds is 12. The summed E-state index contributed by atoms with van der Waals surface area (Å²) in [7, 11) is 0. The van der Waals surface area contributed by atoms with Gasteiger partial charge >= 0.3 is 5.97 Å². The van der Waals surface area contributed by atoms with E-state index in [4.69, 9.17) is 5.11 Å². The smallest absolute Gasteiger partial charge is 0.306 e. The van der Waals surface area contributed by atoms with E-state index in [9.17, 15) is 20.1 Å². The number of aliphatic carboxylic acids is 1. The molecule has 6 N–H and O–H groups in total. The van der Waals surface area contributed by atoms with Crippen molar-refractivity contribution in [3.05, 3.63) is 0 Å². The van der Waals surface area contributed by atoms with E-state index in [1.165, 1.54) is 0 Å². The van der Waals surface area contributed by atoms with Gasteiger partial charge in [-0.1, -0.05) is 26.2 Å². The standard InChI is InChI=1S/C23H44N2O5/c1-3-24-15-23(30,14-22(28)29)12-6-4-5-7-17-8-9-18(13-21(17)27)19-10-11-20(26)16(2)25-19/h16-21,24-27,30H,3-15H2,1-2H3,(H,28,29). The Morgan fingerprint density at radius 2 is 1.87 bits per heavy atom. The molecule has 0 bridgehead atoms. The summed E-state index contributed by atoms with van der Waals surface area (Å²) in [5.41, 5.74) is -1.18. The summed E-state index contributed by atoms with van der Waals surface area (Å²) in [6, 6.07) is 0.536. The number of carboxylic acids is 1. The lowest BCUT2D eigenvalue weighted by Crippen LogP contribution is -2.53. The van der Waals surface area contributed by atoms with Gasteiger partial charge in [-0.15, -0.1) is 0 Å². The van der Waals surface area contributed by atoms with E-state index in [1.807, 2.05) is 13.8 Å². The molecule has 2 aliphatic rings. The first-order valence-electron chi connectivity index (χ1n) is 12.0. The zero-order chi connectivity index (χ0) is 22.1. The number of carboxylic acid groups (broad SMARTS) is 1. The van der Waals surface area contributed by atoms with Gasteiger partial charge in [0.15, 0.2) is 0 Å². The van der Waals surface area contributed by atoms with Crippen LogP contribution >= 0.6 is 0 Å². The fourth-order valence-electron chi connectivity index (χ4n) is 5.36. The normalized spacial score (nSPS) is 34.4.